The van der Waals surface area contributed by atoms with Crippen LogP contribution in [-0.2, 0) is 56.0 Å². The number of hydrogen-bond acceptors (Lipinski definition) is 12. The molecule has 0 aliphatic carbocycles. The van der Waals surface area contributed by atoms with Crippen molar-refractivity contribution in [1.29, 1.82) is 0 Å². The minimum absolute atomic E-state index is 0.00222. The number of carbonyl (C=O) groups is 9. The molecule has 0 saturated carbocycles. The molecule has 2 heterocycles. The highest BCUT2D eigenvalue weighted by Gasteiger charge is 2.35. The number of ketones is 2. The van der Waals surface area contributed by atoms with Crippen LogP contribution in [0, 0.1) is 18.8 Å². The average molecular weight is 1040 g/mol. The number of fused-ring (bicyclic) bond motifs is 1. The second-order valence-electron chi connectivity index (χ2n) is 18.9. The van der Waals surface area contributed by atoms with Crippen LogP contribution in [0.3, 0.4) is 0 Å². The number of primary amides is 1. The molecule has 1 aliphatic rings. The maximum Gasteiger partial charge on any atom is 0.243 e. The molecule has 0 spiro atoms. The molecule has 4 rings (SSSR count). The number of hydrogen-bond donors (Lipinski definition) is 13. The Hall–Kier alpha value is -7.89. The van der Waals surface area contributed by atoms with Crippen LogP contribution in [0.1, 0.15) is 94.2 Å². The summed E-state index contributed by atoms with van der Waals surface area (Å²) in [4.78, 5) is 136. The Kier molecular flexibility index (Phi) is 24.1. The number of aromatic amines is 1. The number of aryl methyl sites for hydroxylation is 1. The summed E-state index contributed by atoms with van der Waals surface area (Å²) in [6.07, 6.45) is 1.17. The van der Waals surface area contributed by atoms with Gasteiger partial charge < -0.3 is 71.3 Å². The van der Waals surface area contributed by atoms with Gasteiger partial charge in [0.1, 0.15) is 30.0 Å². The van der Waals surface area contributed by atoms with Crippen molar-refractivity contribution in [3.8, 4) is 0 Å². The van der Waals surface area contributed by atoms with Crippen molar-refractivity contribution in [3.05, 3.63) is 71.4 Å². The summed E-state index contributed by atoms with van der Waals surface area (Å²) in [7, 11) is 0. The summed E-state index contributed by atoms with van der Waals surface area (Å²) in [5.41, 5.74) is 37.0. The van der Waals surface area contributed by atoms with Gasteiger partial charge >= 0.3 is 0 Å². The first-order chi connectivity index (χ1) is 35.7. The van der Waals surface area contributed by atoms with Gasteiger partial charge in [-0.05, 0) is 94.9 Å². The highest BCUT2D eigenvalue weighted by molar-refractivity contribution is 5.98. The molecule has 0 unspecified atom stereocenters. The van der Waals surface area contributed by atoms with Crippen LogP contribution >= 0.6 is 0 Å². The molecule has 1 aliphatic heterocycles. The summed E-state index contributed by atoms with van der Waals surface area (Å²) in [6, 6.07) is 8.25. The van der Waals surface area contributed by atoms with Crippen molar-refractivity contribution >= 4 is 75.7 Å². The number of benzene rings is 2. The molecular weight excluding hydrogens is 967 g/mol. The first-order valence-electron chi connectivity index (χ1n) is 25.3. The minimum atomic E-state index is -1.45. The van der Waals surface area contributed by atoms with Gasteiger partial charge in [-0.25, -0.2) is 0 Å². The van der Waals surface area contributed by atoms with Crippen LogP contribution in [0.2, 0.25) is 0 Å². The van der Waals surface area contributed by atoms with Gasteiger partial charge in [-0.15, -0.1) is 0 Å². The Balaban J connectivity index is 1.77. The first-order valence-corrected chi connectivity index (χ1v) is 25.3. The van der Waals surface area contributed by atoms with Gasteiger partial charge in [0.05, 0.1) is 6.04 Å². The van der Waals surface area contributed by atoms with Gasteiger partial charge in [-0.1, -0.05) is 48.0 Å². The Morgan fingerprint density at radius 1 is 0.747 bits per heavy atom. The topological polar surface area (TPSA) is 422 Å². The molecule has 2 aromatic carbocycles. The number of Topliss-reactive ketones (excluding diaryl/α,β-unsaturated/α-hetero) is 2. The van der Waals surface area contributed by atoms with Gasteiger partial charge in [0, 0.05) is 74.8 Å². The lowest BCUT2D eigenvalue weighted by Crippen LogP contribution is -2.58. The molecule has 24 nitrogen and oxygen atoms in total. The number of H-pyrrole nitrogens is 1. The summed E-state index contributed by atoms with van der Waals surface area (Å²) < 4.78 is 0. The number of guanidine groups is 2. The largest absolute Gasteiger partial charge is 0.370 e. The third-order valence-corrected chi connectivity index (χ3v) is 12.8. The highest BCUT2D eigenvalue weighted by atomic mass is 16.2. The molecular formula is C51H75N15O9. The monoisotopic (exact) mass is 1040 g/mol. The van der Waals surface area contributed by atoms with Crippen molar-refractivity contribution < 1.29 is 43.2 Å². The van der Waals surface area contributed by atoms with E-state index in [0.717, 1.165) is 22.0 Å². The highest BCUT2D eigenvalue weighted by Crippen LogP contribution is 2.26. The van der Waals surface area contributed by atoms with Crippen LogP contribution in [-0.4, -0.2) is 126 Å². The molecule has 75 heavy (non-hydrogen) atoms. The maximum absolute atomic E-state index is 14.8. The van der Waals surface area contributed by atoms with E-state index in [4.69, 9.17) is 34.4 Å². The van der Waals surface area contributed by atoms with Gasteiger partial charge in [-0.3, -0.25) is 53.1 Å². The predicted octanol–water partition coefficient (Wildman–Crippen LogP) is -1.51. The van der Waals surface area contributed by atoms with Gasteiger partial charge in [0.25, 0.3) is 0 Å². The standard InChI is InChI=1S/C51H75N15O9/c1-29-13-15-31(16-14-29)24-41-43(69)26-32(8-5-22-59-50(54)55)42(68)27-33(25-34-28-61-36-10-4-3-9-35(34)36)46(72)63-37(45(53)71)11-6-21-58-44(70)18-17-39(48(74)65-40(19-20-52)49(75)66-41)64-47(73)38(62-30(2)67)12-7-23-60-51(56)57/h3-4,9-10,13-16,28,32-33,37-41,61H,5-8,11-12,17-27,52H2,1-2H3,(H2,53,71)(H,58,70)(H,62,67)(H,63,72)(H,64,73)(H,65,74)(H,66,75)(H4,54,55,59)(H4,56,57,60)/t32-,33-,37+,38+,39+,40+,41-/m1/s1. The fourth-order valence-electron chi connectivity index (χ4n) is 8.76. The molecule has 7 amide bonds. The van der Waals surface area contributed by atoms with Crippen LogP contribution in [0.4, 0.5) is 0 Å². The zero-order chi connectivity index (χ0) is 55.0. The lowest BCUT2D eigenvalue weighted by molar-refractivity contribution is -0.135. The van der Waals surface area contributed by atoms with E-state index >= 15 is 0 Å². The Morgan fingerprint density at radius 3 is 2.08 bits per heavy atom. The Labute approximate surface area is 435 Å². The number of para-hydroxylation sites is 1. The molecule has 1 saturated heterocycles. The first kappa shape index (κ1) is 59.7. The fourth-order valence-corrected chi connectivity index (χ4v) is 8.76. The third kappa shape index (κ3) is 20.5. The number of nitrogens with one attached hydrogen (secondary N) is 7. The van der Waals surface area contributed by atoms with Crippen molar-refractivity contribution in [2.24, 2.45) is 56.2 Å². The number of nitrogens with zero attached hydrogens (tertiary/aromatic N) is 2. The van der Waals surface area contributed by atoms with E-state index in [0.29, 0.717) is 5.56 Å². The zero-order valence-electron chi connectivity index (χ0n) is 42.8. The minimum Gasteiger partial charge on any atom is -0.370 e. The molecule has 0 radical (unpaired) electrons. The number of aromatic nitrogens is 1. The van der Waals surface area contributed by atoms with E-state index in [1.54, 1.807) is 18.3 Å². The van der Waals surface area contributed by atoms with Gasteiger partial charge in [0.15, 0.2) is 17.7 Å². The lowest BCUT2D eigenvalue weighted by atomic mass is 9.83. The summed E-state index contributed by atoms with van der Waals surface area (Å²) >= 11 is 0. The van der Waals surface area contributed by atoms with Crippen molar-refractivity contribution in [2.75, 3.05) is 26.2 Å². The predicted molar refractivity (Wildman–Crippen MR) is 283 cm³/mol. The van der Waals surface area contributed by atoms with Crippen LogP contribution in [0.25, 0.3) is 10.9 Å². The summed E-state index contributed by atoms with van der Waals surface area (Å²) in [5.74, 6) is -8.40. The van der Waals surface area contributed by atoms with Crippen LogP contribution in [0.5, 0.6) is 0 Å². The number of rotatable bonds is 18. The molecule has 7 atom stereocenters. The molecule has 1 aromatic heterocycles. The zero-order valence-corrected chi connectivity index (χ0v) is 42.8. The molecule has 0 bridgehead atoms. The lowest BCUT2D eigenvalue weighted by Gasteiger charge is -2.27. The Bertz CT molecular complexity index is 2520. The van der Waals surface area contributed by atoms with E-state index in [9.17, 15) is 43.2 Å². The summed E-state index contributed by atoms with van der Waals surface area (Å²) in [5, 5.41) is 16.9. The molecule has 1 fully saturated rings. The summed E-state index contributed by atoms with van der Waals surface area (Å²) in [6.45, 7) is 3.26. The third-order valence-electron chi connectivity index (χ3n) is 12.8. The van der Waals surface area contributed by atoms with Crippen LogP contribution < -0.4 is 66.3 Å². The van der Waals surface area contributed by atoms with Crippen molar-refractivity contribution in [3.63, 3.8) is 0 Å². The molecule has 3 aromatic rings. The number of carbonyl (C=O) groups excluding carboxylic acids is 9. The van der Waals surface area contributed by atoms with Crippen molar-refractivity contribution in [2.45, 2.75) is 128 Å². The number of nitrogens with two attached hydrogens (primary N) is 6. The van der Waals surface area contributed by atoms with E-state index in [1.807, 2.05) is 43.3 Å². The van der Waals surface area contributed by atoms with Gasteiger partial charge in [-0.2, -0.15) is 0 Å². The second kappa shape index (κ2) is 30.3. The van der Waals surface area contributed by atoms with Crippen molar-refractivity contribution in [1.82, 2.24) is 36.9 Å². The smallest absolute Gasteiger partial charge is 0.243 e. The molecule has 408 valence electrons. The quantitative estimate of drug-likeness (QED) is 0.0392. The molecule has 19 N–H and O–H groups in total. The Morgan fingerprint density at radius 2 is 1.41 bits per heavy atom. The van der Waals surface area contributed by atoms with Crippen LogP contribution in [0.15, 0.2) is 64.7 Å². The maximum atomic E-state index is 14.8. The second-order valence-corrected chi connectivity index (χ2v) is 18.9. The number of aliphatic imine (C=N–C) groups is 2. The van der Waals surface area contributed by atoms with E-state index in [-0.39, 0.29) is 122 Å². The van der Waals surface area contributed by atoms with E-state index in [1.165, 1.54) is 6.92 Å². The fraction of sp³-hybridized carbons (Fsp3) is 0.510. The van der Waals surface area contributed by atoms with E-state index in [2.05, 4.69) is 46.9 Å². The normalized spacial score (nSPS) is 21.3. The molecule has 24 heteroatoms. The SMILES string of the molecule is CC(=O)N[C@@H](CCCN=C(N)N)C(=O)N[C@H]1CCC(=O)NCCC[C@@H](C(N)=O)NC(=O)[C@H](Cc2c[nH]c3ccccc23)CC(=O)[C@H](CCCN=C(N)N)CC(=O)[C@@H](Cc2ccc(C)cc2)NC(=O)[C@H](CCN)NC1=O. The number of amides is 7. The average Bonchev–Trinajstić information content (AvgIpc) is 3.77. The van der Waals surface area contributed by atoms with E-state index < -0.39 is 95.0 Å². The van der Waals surface area contributed by atoms with Gasteiger partial charge in [0.2, 0.25) is 41.4 Å².